The van der Waals surface area contributed by atoms with Crippen LogP contribution in [0.1, 0.15) is 196 Å². The van der Waals surface area contributed by atoms with Crippen molar-refractivity contribution < 1.29 is 0 Å². The Morgan fingerprint density at radius 3 is 1.57 bits per heavy atom. The van der Waals surface area contributed by atoms with E-state index in [1.165, 1.54) is 16.8 Å². The van der Waals surface area contributed by atoms with Gasteiger partial charge in [0.1, 0.15) is 0 Å². The summed E-state index contributed by atoms with van der Waals surface area (Å²) >= 11 is 0. The Labute approximate surface area is 418 Å². The van der Waals surface area contributed by atoms with Crippen molar-refractivity contribution in [3.63, 3.8) is 0 Å². The number of nitrogens with zero attached hydrogens (tertiary/aromatic N) is 15. The van der Waals surface area contributed by atoms with Crippen LogP contribution >= 0.6 is 0 Å². The third-order valence-corrected chi connectivity index (χ3v) is 9.49. The second kappa shape index (κ2) is 33.6. The number of fused-ring (bicyclic) bond motifs is 5. The molecule has 0 aliphatic heterocycles. The summed E-state index contributed by atoms with van der Waals surface area (Å²) in [4.78, 5) is 21.3. The summed E-state index contributed by atoms with van der Waals surface area (Å²) in [5.74, 6) is 2.41. The van der Waals surface area contributed by atoms with E-state index in [2.05, 4.69) is 120 Å². The lowest BCUT2D eigenvalue weighted by Gasteiger charge is -2.06. The quantitative estimate of drug-likeness (QED) is 0.163. The first-order valence-electron chi connectivity index (χ1n) is 25.4. The number of aromatic nitrogens is 15. The van der Waals surface area contributed by atoms with E-state index in [1.807, 2.05) is 166 Å². The van der Waals surface area contributed by atoms with Crippen molar-refractivity contribution in [1.82, 2.24) is 73.0 Å². The van der Waals surface area contributed by atoms with Crippen LogP contribution in [0.2, 0.25) is 0 Å². The van der Waals surface area contributed by atoms with Gasteiger partial charge in [-0.2, -0.15) is 25.5 Å². The molecule has 0 saturated carbocycles. The van der Waals surface area contributed by atoms with E-state index < -0.39 is 0 Å². The molecule has 0 saturated heterocycles. The molecular formula is C55H85N15. The lowest BCUT2D eigenvalue weighted by Crippen LogP contribution is -2.00. The smallest absolute Gasteiger partial charge is 0.158 e. The van der Waals surface area contributed by atoms with Crippen molar-refractivity contribution in [3.8, 4) is 0 Å². The molecule has 10 heterocycles. The lowest BCUT2D eigenvalue weighted by atomic mass is 10.1. The van der Waals surface area contributed by atoms with Crippen molar-refractivity contribution in [1.29, 1.82) is 0 Å². The predicted molar refractivity (Wildman–Crippen MR) is 292 cm³/mol. The van der Waals surface area contributed by atoms with Gasteiger partial charge in [-0.15, -0.1) is 0 Å². The predicted octanol–water partition coefficient (Wildman–Crippen LogP) is 14.4. The summed E-state index contributed by atoms with van der Waals surface area (Å²) in [6.45, 7) is 41.4. The maximum absolute atomic E-state index is 4.44. The summed E-state index contributed by atoms with van der Waals surface area (Å²) in [6, 6.07) is 15.5. The summed E-state index contributed by atoms with van der Waals surface area (Å²) in [5, 5.41) is 20.9. The first kappa shape index (κ1) is 61.1. The zero-order valence-electron chi connectivity index (χ0n) is 46.1. The monoisotopic (exact) mass is 956 g/mol. The van der Waals surface area contributed by atoms with Gasteiger partial charge < -0.3 is 0 Å². The van der Waals surface area contributed by atoms with Gasteiger partial charge in [-0.1, -0.05) is 138 Å². The average Bonchev–Trinajstić information content (AvgIpc) is 4.27. The van der Waals surface area contributed by atoms with Crippen LogP contribution in [0.4, 0.5) is 0 Å². The van der Waals surface area contributed by atoms with Crippen molar-refractivity contribution in [2.45, 2.75) is 168 Å². The van der Waals surface area contributed by atoms with E-state index >= 15 is 0 Å². The van der Waals surface area contributed by atoms with Crippen LogP contribution in [0.15, 0.2) is 123 Å². The van der Waals surface area contributed by atoms with Gasteiger partial charge in [0, 0.05) is 90.8 Å². The standard InChI is InChI=1S/5C9H11N3.5C2H6/c1-7(2)8-4-6-12-9(11-8)3-5-10-12;1-7(2)8-3-5-10-9-4-6-11-12(8)9;1-7(2)8-5-10-9-3-4-11-12(9)6-8;1-7(2)8-6-11-12-5-3-4-10-9(8)12;1-7(2)8-6-9-10-4-3-5-12(9)11-8;5*1-2/h5*3-7H,1-2H3;5*1-2H3. The molecule has 10 aromatic rings. The molecule has 10 rings (SSSR count). The van der Waals surface area contributed by atoms with Gasteiger partial charge in [0.2, 0.25) is 0 Å². The van der Waals surface area contributed by atoms with Gasteiger partial charge in [0.05, 0.1) is 30.5 Å². The van der Waals surface area contributed by atoms with Gasteiger partial charge in [0.15, 0.2) is 28.2 Å². The first-order chi connectivity index (χ1) is 33.9. The third-order valence-electron chi connectivity index (χ3n) is 9.49. The van der Waals surface area contributed by atoms with Gasteiger partial charge in [-0.05, 0) is 59.4 Å². The highest BCUT2D eigenvalue weighted by Crippen LogP contribution is 2.18. The molecular weight excluding hydrogens is 871 g/mol. The summed E-state index contributed by atoms with van der Waals surface area (Å²) < 4.78 is 9.05. The first-order valence-corrected chi connectivity index (χ1v) is 25.4. The van der Waals surface area contributed by atoms with E-state index in [0.717, 1.165) is 39.6 Å². The molecule has 10 aromatic heterocycles. The molecule has 0 aromatic carbocycles. The molecule has 15 nitrogen and oxygen atoms in total. The summed E-state index contributed by atoms with van der Waals surface area (Å²) in [6.07, 6.45) is 22.3. The van der Waals surface area contributed by atoms with Crippen LogP contribution in [0.5, 0.6) is 0 Å². The number of hydrogen-bond acceptors (Lipinski definition) is 10. The van der Waals surface area contributed by atoms with Crippen molar-refractivity contribution in [2.24, 2.45) is 0 Å². The van der Waals surface area contributed by atoms with E-state index in [-0.39, 0.29) is 0 Å². The lowest BCUT2D eigenvalue weighted by molar-refractivity contribution is 0.749. The van der Waals surface area contributed by atoms with Crippen LogP contribution < -0.4 is 0 Å². The van der Waals surface area contributed by atoms with Gasteiger partial charge in [0.25, 0.3) is 0 Å². The van der Waals surface area contributed by atoms with Crippen molar-refractivity contribution >= 4 is 28.2 Å². The van der Waals surface area contributed by atoms with Crippen LogP contribution in [0.3, 0.4) is 0 Å². The second-order valence-electron chi connectivity index (χ2n) is 15.7. The van der Waals surface area contributed by atoms with E-state index in [1.54, 1.807) is 49.0 Å². The van der Waals surface area contributed by atoms with Crippen molar-refractivity contribution in [3.05, 3.63) is 151 Å². The minimum Gasteiger partial charge on any atom is -0.237 e. The molecule has 0 unspecified atom stereocenters. The Morgan fingerprint density at radius 2 is 0.971 bits per heavy atom. The fourth-order valence-corrected chi connectivity index (χ4v) is 5.95. The minimum atomic E-state index is 0.465. The Hall–Kier alpha value is -6.90. The second-order valence-corrected chi connectivity index (χ2v) is 15.7. The molecule has 0 aliphatic rings. The molecule has 0 bridgehead atoms. The van der Waals surface area contributed by atoms with E-state index in [4.69, 9.17) is 0 Å². The fourth-order valence-electron chi connectivity index (χ4n) is 5.95. The van der Waals surface area contributed by atoms with Crippen LogP contribution in [-0.4, -0.2) is 73.0 Å². The highest BCUT2D eigenvalue weighted by atomic mass is 15.3. The molecule has 70 heavy (non-hydrogen) atoms. The maximum atomic E-state index is 4.44. The molecule has 0 atom stereocenters. The van der Waals surface area contributed by atoms with Gasteiger partial charge in [-0.3, -0.25) is 0 Å². The molecule has 0 radical (unpaired) electrons. The summed E-state index contributed by atoms with van der Waals surface area (Å²) in [7, 11) is 0. The van der Waals surface area contributed by atoms with E-state index in [0.29, 0.717) is 29.6 Å². The molecule has 0 aliphatic carbocycles. The van der Waals surface area contributed by atoms with Crippen LogP contribution in [0, 0.1) is 0 Å². The topological polar surface area (TPSA) is 151 Å². The van der Waals surface area contributed by atoms with Crippen LogP contribution in [-0.2, 0) is 0 Å². The molecule has 0 amide bonds. The van der Waals surface area contributed by atoms with Gasteiger partial charge in [-0.25, -0.2) is 47.5 Å². The van der Waals surface area contributed by atoms with Crippen LogP contribution in [0.25, 0.3) is 28.2 Å². The Bertz CT molecular complexity index is 2720. The maximum Gasteiger partial charge on any atom is 0.158 e. The fraction of sp³-hybridized carbons (Fsp3) is 0.455. The molecule has 380 valence electrons. The number of rotatable bonds is 5. The zero-order chi connectivity index (χ0) is 52.8. The Balaban J connectivity index is 0.000000418. The van der Waals surface area contributed by atoms with Gasteiger partial charge >= 0.3 is 0 Å². The highest BCUT2D eigenvalue weighted by molar-refractivity contribution is 5.47. The zero-order valence-corrected chi connectivity index (χ0v) is 46.1. The normalized spacial score (nSPS) is 10.1. The average molecular weight is 956 g/mol. The molecule has 0 fully saturated rings. The minimum absolute atomic E-state index is 0.465. The Kier molecular flexibility index (Phi) is 29.3. The largest absolute Gasteiger partial charge is 0.237 e. The SMILES string of the molecule is CC.CC.CC.CC.CC.CC(C)c1cc2ncccn2n1.CC(C)c1ccn2nccc2n1.CC(C)c1ccnc2ccnn12.CC(C)c1cnc2ccnn2c1.CC(C)c1cnn2cccnc12. The number of hydrogen-bond donors (Lipinski definition) is 0. The molecule has 0 spiro atoms. The third kappa shape index (κ3) is 18.2. The molecule has 15 heteroatoms. The Morgan fingerprint density at radius 1 is 0.400 bits per heavy atom. The molecule has 0 N–H and O–H groups in total. The highest BCUT2D eigenvalue weighted by Gasteiger charge is 2.08. The summed E-state index contributed by atoms with van der Waals surface area (Å²) in [5.41, 5.74) is 10.4. The van der Waals surface area contributed by atoms with Crippen molar-refractivity contribution in [2.75, 3.05) is 0 Å². The van der Waals surface area contributed by atoms with E-state index in [9.17, 15) is 0 Å².